The van der Waals surface area contributed by atoms with Gasteiger partial charge in [-0.2, -0.15) is 5.90 Å². The number of nitrogens with two attached hydrogens (primary N) is 1. The third kappa shape index (κ3) is 3.23. The number of hydrogen-bond donors (Lipinski definition) is 2. The average Bonchev–Trinajstić information content (AvgIpc) is 1.38. The Morgan fingerprint density at radius 1 is 2.00 bits per heavy atom. The molecule has 0 unspecified atom stereocenters. The summed E-state index contributed by atoms with van der Waals surface area (Å²) in [4.78, 5) is 12.2. The van der Waals surface area contributed by atoms with E-state index in [2.05, 4.69) is 10.7 Å². The lowest BCUT2D eigenvalue weighted by Crippen LogP contribution is -2.04. The summed E-state index contributed by atoms with van der Waals surface area (Å²) in [6.45, 7) is 0. The van der Waals surface area contributed by atoms with Gasteiger partial charge in [0.25, 0.3) is 0 Å². The molecular weight excluding hydrogens is 74.0 g/mol. The molecule has 0 heterocycles. The lowest BCUT2D eigenvalue weighted by Gasteiger charge is -1.77. The number of carbonyl (C=O) groups is 1. The first-order valence-corrected chi connectivity index (χ1v) is 0.868. The van der Waals surface area contributed by atoms with Gasteiger partial charge in [0.1, 0.15) is 0 Å². The highest BCUT2D eigenvalue weighted by Crippen LogP contribution is 1.55. The Morgan fingerprint density at radius 2 is 2.20 bits per heavy atom. The third-order valence-corrected chi connectivity index (χ3v) is 0.101. The van der Waals surface area contributed by atoms with Crippen LogP contribution in [0.4, 0.5) is 4.79 Å². The lowest BCUT2D eigenvalue weighted by molar-refractivity contribution is 0.0921. The molecular formula is CH3NO3. The summed E-state index contributed by atoms with van der Waals surface area (Å²) in [5.41, 5.74) is 0. The molecule has 3 N–H and O–H groups in total. The highest BCUT2D eigenvalue weighted by Gasteiger charge is 1.82. The molecule has 0 aromatic heterocycles. The lowest BCUT2D eigenvalue weighted by atomic mass is 11.4. The maximum absolute atomic E-state index is 9.02. The van der Waals surface area contributed by atoms with Crippen LogP contribution in [0.15, 0.2) is 0 Å². The van der Waals surface area contributed by atoms with E-state index in [9.17, 15) is 0 Å². The summed E-state index contributed by atoms with van der Waals surface area (Å²) in [7, 11) is 0. The van der Waals surface area contributed by atoms with Gasteiger partial charge in [0, 0.05) is 0 Å². The quantitative estimate of drug-likeness (QED) is 0.384. The van der Waals surface area contributed by atoms with Crippen molar-refractivity contribution >= 4 is 6.16 Å². The largest absolute Gasteiger partial charge is 0.524 e. The Bertz CT molecular complexity index is 42.2. The molecule has 0 aliphatic heterocycles. The summed E-state index contributed by atoms with van der Waals surface area (Å²) >= 11 is 0. The second-order valence-corrected chi connectivity index (χ2v) is 0.384. The molecule has 4 nitrogen and oxygen atoms in total. The van der Waals surface area contributed by atoms with Crippen molar-refractivity contribution in [3.05, 3.63) is 0 Å². The fourth-order valence-electron chi connectivity index (χ4n) is 0. The van der Waals surface area contributed by atoms with Crippen LogP contribution in [0.1, 0.15) is 0 Å². The van der Waals surface area contributed by atoms with E-state index in [-0.39, 0.29) is 0 Å². The molecule has 0 aliphatic carbocycles. The van der Waals surface area contributed by atoms with Gasteiger partial charge in [-0.05, 0) is 0 Å². The van der Waals surface area contributed by atoms with E-state index in [1.54, 1.807) is 0 Å². The molecule has 0 saturated carbocycles. The minimum atomic E-state index is -1.47. The Labute approximate surface area is 28.1 Å². The van der Waals surface area contributed by atoms with Crippen molar-refractivity contribution in [2.24, 2.45) is 5.90 Å². The van der Waals surface area contributed by atoms with E-state index in [0.29, 0.717) is 0 Å². The fraction of sp³-hybridized carbons (Fsp3) is 0. The van der Waals surface area contributed by atoms with Gasteiger partial charge in [0.15, 0.2) is 0 Å². The first kappa shape index (κ1) is 4.23. The van der Waals surface area contributed by atoms with Crippen LogP contribution in [0.2, 0.25) is 0 Å². The summed E-state index contributed by atoms with van der Waals surface area (Å²) in [6.07, 6.45) is -1.47. The molecule has 0 radical (unpaired) electrons. The maximum atomic E-state index is 9.02. The normalized spacial score (nSPS) is 6.60. The van der Waals surface area contributed by atoms with Crippen LogP contribution in [-0.2, 0) is 4.84 Å². The van der Waals surface area contributed by atoms with Gasteiger partial charge in [0.2, 0.25) is 0 Å². The van der Waals surface area contributed by atoms with Crippen LogP contribution in [0.5, 0.6) is 0 Å². The van der Waals surface area contributed by atoms with Crippen molar-refractivity contribution in [3.63, 3.8) is 0 Å². The molecule has 0 aliphatic rings. The van der Waals surface area contributed by atoms with Gasteiger partial charge >= 0.3 is 6.16 Å². The van der Waals surface area contributed by atoms with Crippen LogP contribution in [0.25, 0.3) is 0 Å². The average molecular weight is 77.0 g/mol. The van der Waals surface area contributed by atoms with E-state index < -0.39 is 6.16 Å². The third-order valence-electron chi connectivity index (χ3n) is 0.101. The van der Waals surface area contributed by atoms with E-state index in [4.69, 9.17) is 9.90 Å². The molecule has 0 fully saturated rings. The molecule has 30 valence electrons. The Morgan fingerprint density at radius 3 is 2.20 bits per heavy atom. The molecule has 4 heteroatoms. The maximum Gasteiger partial charge on any atom is 0.524 e. The van der Waals surface area contributed by atoms with Crippen molar-refractivity contribution in [2.45, 2.75) is 0 Å². The number of carboxylic acid groups (broad SMARTS) is 1. The first-order valence-electron chi connectivity index (χ1n) is 0.868. The highest BCUT2D eigenvalue weighted by atomic mass is 16.7. The summed E-state index contributed by atoms with van der Waals surface area (Å²) in [6, 6.07) is 0. The molecule has 0 bridgehead atoms. The molecule has 0 saturated heterocycles. The van der Waals surface area contributed by atoms with E-state index in [0.717, 1.165) is 0 Å². The first-order chi connectivity index (χ1) is 2.27. The van der Waals surface area contributed by atoms with Crippen molar-refractivity contribution < 1.29 is 14.7 Å². The van der Waals surface area contributed by atoms with E-state index >= 15 is 0 Å². The summed E-state index contributed by atoms with van der Waals surface area (Å²) in [5, 5.41) is 7.38. The van der Waals surface area contributed by atoms with Crippen molar-refractivity contribution in [1.29, 1.82) is 0 Å². The van der Waals surface area contributed by atoms with E-state index in [1.165, 1.54) is 0 Å². The predicted octanol–water partition coefficient (Wildman–Crippen LogP) is -0.445. The highest BCUT2D eigenvalue weighted by molar-refractivity contribution is 5.56. The van der Waals surface area contributed by atoms with Gasteiger partial charge in [0.05, 0.1) is 0 Å². The predicted molar refractivity (Wildman–Crippen MR) is 13.3 cm³/mol. The van der Waals surface area contributed by atoms with Crippen LogP contribution in [0.3, 0.4) is 0 Å². The van der Waals surface area contributed by atoms with Gasteiger partial charge < -0.3 is 9.94 Å². The molecule has 0 aromatic rings. The molecule has 0 spiro atoms. The molecule has 0 atom stereocenters. The SMILES string of the molecule is NOC(=O)O. The minimum Gasteiger partial charge on any atom is -0.448 e. The second-order valence-electron chi connectivity index (χ2n) is 0.384. The zero-order valence-electron chi connectivity index (χ0n) is 2.34. The van der Waals surface area contributed by atoms with Crippen LogP contribution in [0, 0.1) is 0 Å². The molecule has 5 heavy (non-hydrogen) atoms. The molecule has 0 aromatic carbocycles. The monoisotopic (exact) mass is 77.0 g/mol. The van der Waals surface area contributed by atoms with Crippen molar-refractivity contribution in [2.75, 3.05) is 0 Å². The number of rotatable bonds is 0. The Kier molecular flexibility index (Phi) is 1.30. The molecule has 0 rings (SSSR count). The van der Waals surface area contributed by atoms with Gasteiger partial charge in [-0.15, -0.1) is 0 Å². The zero-order chi connectivity index (χ0) is 4.28. The summed E-state index contributed by atoms with van der Waals surface area (Å²) < 4.78 is 0. The Balaban J connectivity index is 2.85. The van der Waals surface area contributed by atoms with Crippen LogP contribution >= 0.6 is 0 Å². The zero-order valence-corrected chi connectivity index (χ0v) is 2.34. The second kappa shape index (κ2) is 1.54. The van der Waals surface area contributed by atoms with E-state index in [1.807, 2.05) is 0 Å². The van der Waals surface area contributed by atoms with Gasteiger partial charge in [-0.25, -0.2) is 4.79 Å². The molecule has 0 amide bonds. The smallest absolute Gasteiger partial charge is 0.448 e. The van der Waals surface area contributed by atoms with Crippen LogP contribution in [-0.4, -0.2) is 11.3 Å². The standard InChI is InChI=1S/CH3NO3/c2-5-1(3)4/h2H2,(H,3,4). The van der Waals surface area contributed by atoms with Crippen LogP contribution < -0.4 is 5.90 Å². The minimum absolute atomic E-state index is 1.47. The van der Waals surface area contributed by atoms with Crippen molar-refractivity contribution in [1.82, 2.24) is 0 Å². The Hall–Kier alpha value is -0.770. The number of hydrogen-bond acceptors (Lipinski definition) is 3. The fourth-order valence-corrected chi connectivity index (χ4v) is 0. The topological polar surface area (TPSA) is 72.5 Å². The van der Waals surface area contributed by atoms with Gasteiger partial charge in [-0.1, -0.05) is 0 Å². The summed E-state index contributed by atoms with van der Waals surface area (Å²) in [5.74, 6) is 4.07. The van der Waals surface area contributed by atoms with Gasteiger partial charge in [-0.3, -0.25) is 0 Å². The van der Waals surface area contributed by atoms with Crippen molar-refractivity contribution in [3.8, 4) is 0 Å².